The van der Waals surface area contributed by atoms with Gasteiger partial charge in [0.25, 0.3) is 0 Å². The van der Waals surface area contributed by atoms with Crippen molar-refractivity contribution in [3.63, 3.8) is 0 Å². The molecule has 1 heterocycles. The lowest BCUT2D eigenvalue weighted by atomic mass is 10.0. The second-order valence-corrected chi connectivity index (χ2v) is 13.8. The number of carbonyl (C=O) groups is 1. The molecule has 0 aliphatic heterocycles. The van der Waals surface area contributed by atoms with Crippen LogP contribution < -0.4 is 5.19 Å². The highest BCUT2D eigenvalue weighted by Crippen LogP contribution is 2.32. The van der Waals surface area contributed by atoms with E-state index in [0.29, 0.717) is 23.6 Å². The molecule has 2 aromatic rings. The maximum Gasteiger partial charge on any atom is 0.349 e. The molecule has 0 aliphatic carbocycles. The van der Waals surface area contributed by atoms with E-state index in [9.17, 15) is 10.1 Å². The fourth-order valence-electron chi connectivity index (χ4n) is 3.13. The summed E-state index contributed by atoms with van der Waals surface area (Å²) in [5, 5.41) is 15.9. The van der Waals surface area contributed by atoms with Crippen LogP contribution in [0.4, 0.5) is 0 Å². The Morgan fingerprint density at radius 1 is 1.23 bits per heavy atom. The van der Waals surface area contributed by atoms with Gasteiger partial charge < -0.3 is 9.47 Å². The van der Waals surface area contributed by atoms with Crippen LogP contribution >= 0.6 is 0 Å². The average molecular weight is 426 g/mol. The minimum Gasteiger partial charge on any atom is -0.472 e. The van der Waals surface area contributed by atoms with Crippen molar-refractivity contribution in [2.24, 2.45) is 0 Å². The molecular weight excluding hydrogens is 394 g/mol. The third kappa shape index (κ3) is 5.00. The quantitative estimate of drug-likeness (QED) is 0.289. The van der Waals surface area contributed by atoms with Crippen LogP contribution in [0.2, 0.25) is 19.6 Å². The van der Waals surface area contributed by atoms with Crippen LogP contribution in [0.25, 0.3) is 11.3 Å². The van der Waals surface area contributed by atoms with Crippen molar-refractivity contribution in [2.45, 2.75) is 59.5 Å². The van der Waals surface area contributed by atoms with Gasteiger partial charge in [0.15, 0.2) is 11.4 Å². The van der Waals surface area contributed by atoms with Gasteiger partial charge in [-0.2, -0.15) is 10.4 Å². The lowest BCUT2D eigenvalue weighted by Gasteiger charge is -2.26. The van der Waals surface area contributed by atoms with E-state index in [0.717, 1.165) is 11.3 Å². The first-order valence-corrected chi connectivity index (χ1v) is 13.5. The molecule has 0 amide bonds. The summed E-state index contributed by atoms with van der Waals surface area (Å²) < 4.78 is 12.8. The van der Waals surface area contributed by atoms with Crippen molar-refractivity contribution < 1.29 is 14.3 Å². The zero-order valence-corrected chi connectivity index (χ0v) is 20.2. The Bertz CT molecular complexity index is 990. The Balaban J connectivity index is 2.72. The SMILES string of the molecule is CCn1nc(C)cc1/C(OC(C)(C)C(=O)OC)=C(\C#N)c1ccc([Si](C)(C)C)cc1. The molecule has 0 N–H and O–H groups in total. The molecule has 0 saturated carbocycles. The van der Waals surface area contributed by atoms with Crippen molar-refractivity contribution in [2.75, 3.05) is 7.11 Å². The zero-order chi connectivity index (χ0) is 22.7. The topological polar surface area (TPSA) is 77.1 Å². The molecule has 2 rings (SSSR count). The lowest BCUT2D eigenvalue weighted by Crippen LogP contribution is -2.37. The summed E-state index contributed by atoms with van der Waals surface area (Å²) in [6, 6.07) is 12.2. The van der Waals surface area contributed by atoms with E-state index in [2.05, 4.69) is 42.9 Å². The Labute approximate surface area is 180 Å². The number of aromatic nitrogens is 2. The van der Waals surface area contributed by atoms with E-state index in [4.69, 9.17) is 9.47 Å². The number of ether oxygens (including phenoxy) is 2. The largest absolute Gasteiger partial charge is 0.472 e. The van der Waals surface area contributed by atoms with E-state index < -0.39 is 19.6 Å². The summed E-state index contributed by atoms with van der Waals surface area (Å²) in [6.07, 6.45) is 0. The average Bonchev–Trinajstić information content (AvgIpc) is 3.07. The van der Waals surface area contributed by atoms with Crippen LogP contribution in [-0.4, -0.2) is 36.5 Å². The number of nitriles is 1. The second kappa shape index (κ2) is 8.88. The third-order valence-electron chi connectivity index (χ3n) is 4.85. The fourth-order valence-corrected chi connectivity index (χ4v) is 4.29. The Hall–Kier alpha value is -2.85. The fraction of sp³-hybridized carbons (Fsp3) is 0.435. The first-order chi connectivity index (χ1) is 13.9. The van der Waals surface area contributed by atoms with E-state index >= 15 is 0 Å². The molecule has 0 atom stereocenters. The minimum atomic E-state index is -1.47. The standard InChI is InChI=1S/C23H31N3O3Si/c1-9-26-20(14-16(2)25-26)21(29-23(3,4)22(27)28-5)19(15-24)17-10-12-18(13-11-17)30(6,7)8/h10-14H,9H2,1-8H3/b21-19-. The van der Waals surface area contributed by atoms with E-state index in [1.807, 2.05) is 32.0 Å². The molecule has 0 aliphatic rings. The maximum absolute atomic E-state index is 12.3. The van der Waals surface area contributed by atoms with Gasteiger partial charge in [-0.1, -0.05) is 49.1 Å². The van der Waals surface area contributed by atoms with Gasteiger partial charge in [-0.15, -0.1) is 0 Å². The third-order valence-corrected chi connectivity index (χ3v) is 6.91. The van der Waals surface area contributed by atoms with E-state index in [-0.39, 0.29) is 0 Å². The molecule has 1 aromatic heterocycles. The van der Waals surface area contributed by atoms with Crippen molar-refractivity contribution in [3.05, 3.63) is 47.3 Å². The Morgan fingerprint density at radius 2 is 1.83 bits per heavy atom. The molecule has 0 unspecified atom stereocenters. The molecule has 0 bridgehead atoms. The van der Waals surface area contributed by atoms with Crippen LogP contribution in [0.5, 0.6) is 0 Å². The van der Waals surface area contributed by atoms with Gasteiger partial charge >= 0.3 is 5.97 Å². The molecule has 6 nitrogen and oxygen atoms in total. The summed E-state index contributed by atoms with van der Waals surface area (Å²) in [4.78, 5) is 12.3. The summed E-state index contributed by atoms with van der Waals surface area (Å²) in [5.41, 5.74) is 1.26. The first kappa shape index (κ1) is 23.4. The van der Waals surface area contributed by atoms with Crippen LogP contribution in [0.15, 0.2) is 30.3 Å². The highest BCUT2D eigenvalue weighted by atomic mass is 28.3. The highest BCUT2D eigenvalue weighted by molar-refractivity contribution is 6.88. The predicted molar refractivity (Wildman–Crippen MR) is 122 cm³/mol. The Kier molecular flexibility index (Phi) is 6.94. The molecular formula is C23H31N3O3Si. The molecule has 0 saturated heterocycles. The Morgan fingerprint density at radius 3 is 2.30 bits per heavy atom. The zero-order valence-electron chi connectivity index (χ0n) is 19.2. The number of allylic oxidation sites excluding steroid dienone is 1. The summed E-state index contributed by atoms with van der Waals surface area (Å²) in [5.74, 6) is -0.207. The lowest BCUT2D eigenvalue weighted by molar-refractivity contribution is -0.158. The van der Waals surface area contributed by atoms with Gasteiger partial charge in [0.2, 0.25) is 0 Å². The highest BCUT2D eigenvalue weighted by Gasteiger charge is 2.34. The summed E-state index contributed by atoms with van der Waals surface area (Å²) in [7, 11) is -0.150. The molecule has 0 spiro atoms. The molecule has 30 heavy (non-hydrogen) atoms. The normalized spacial score (nSPS) is 12.8. The number of methoxy groups -OCH3 is 1. The predicted octanol–water partition coefficient (Wildman–Crippen LogP) is 4.12. The van der Waals surface area contributed by atoms with Gasteiger partial charge in [-0.3, -0.25) is 4.68 Å². The minimum absolute atomic E-state index is 0.316. The van der Waals surface area contributed by atoms with Crippen molar-refractivity contribution in [1.82, 2.24) is 9.78 Å². The van der Waals surface area contributed by atoms with Gasteiger partial charge in [-0.05, 0) is 39.3 Å². The number of rotatable bonds is 7. The van der Waals surface area contributed by atoms with Gasteiger partial charge in [0.05, 0.1) is 20.9 Å². The van der Waals surface area contributed by atoms with E-state index in [1.165, 1.54) is 12.3 Å². The summed E-state index contributed by atoms with van der Waals surface area (Å²) >= 11 is 0. The molecule has 0 fully saturated rings. The van der Waals surface area contributed by atoms with E-state index in [1.54, 1.807) is 18.5 Å². The number of aryl methyl sites for hydroxylation is 2. The van der Waals surface area contributed by atoms with Crippen molar-refractivity contribution >= 4 is 30.6 Å². The number of hydrogen-bond acceptors (Lipinski definition) is 5. The van der Waals surface area contributed by atoms with Gasteiger partial charge in [-0.25, -0.2) is 4.79 Å². The van der Waals surface area contributed by atoms with Crippen molar-refractivity contribution in [3.8, 4) is 6.07 Å². The molecule has 1 aromatic carbocycles. The molecule has 160 valence electrons. The van der Waals surface area contributed by atoms with Crippen LogP contribution in [0, 0.1) is 18.3 Å². The maximum atomic E-state index is 12.3. The van der Waals surface area contributed by atoms with Crippen LogP contribution in [0.3, 0.4) is 0 Å². The second-order valence-electron chi connectivity index (χ2n) is 8.73. The first-order valence-electron chi connectivity index (χ1n) is 10.0. The summed E-state index contributed by atoms with van der Waals surface area (Å²) in [6.45, 7) is 14.5. The van der Waals surface area contributed by atoms with Crippen molar-refractivity contribution in [1.29, 1.82) is 5.26 Å². The molecule has 7 heteroatoms. The molecule has 0 radical (unpaired) electrons. The monoisotopic (exact) mass is 425 g/mol. The number of benzene rings is 1. The van der Waals surface area contributed by atoms with Gasteiger partial charge in [0, 0.05) is 6.54 Å². The number of hydrogen-bond donors (Lipinski definition) is 0. The number of esters is 1. The number of nitrogens with zero attached hydrogens (tertiary/aromatic N) is 3. The van der Waals surface area contributed by atoms with Crippen LogP contribution in [0.1, 0.15) is 37.7 Å². The van der Waals surface area contributed by atoms with Gasteiger partial charge in [0.1, 0.15) is 17.3 Å². The smallest absolute Gasteiger partial charge is 0.349 e. The number of carbonyl (C=O) groups excluding carboxylic acids is 1. The van der Waals surface area contributed by atoms with Crippen LogP contribution in [-0.2, 0) is 20.8 Å².